The Hall–Kier alpha value is -1.01. The van der Waals surface area contributed by atoms with Gasteiger partial charge >= 0.3 is 6.18 Å². The zero-order valence-electron chi connectivity index (χ0n) is 10.1. The number of hydrogen-bond donors (Lipinski definition) is 2. The van der Waals surface area contributed by atoms with E-state index < -0.39 is 12.6 Å². The van der Waals surface area contributed by atoms with Gasteiger partial charge in [-0.2, -0.15) is 13.2 Å². The molecule has 0 aliphatic heterocycles. The van der Waals surface area contributed by atoms with E-state index in [4.69, 9.17) is 29.6 Å². The first-order valence-corrected chi connectivity index (χ1v) is 6.48. The summed E-state index contributed by atoms with van der Waals surface area (Å²) in [5.41, 5.74) is 6.77. The summed E-state index contributed by atoms with van der Waals surface area (Å²) in [4.78, 5) is 0.249. The van der Waals surface area contributed by atoms with Gasteiger partial charge in [-0.15, -0.1) is 0 Å². The second kappa shape index (κ2) is 6.96. The van der Waals surface area contributed by atoms with Gasteiger partial charge in [0.05, 0.1) is 10.7 Å². The van der Waals surface area contributed by atoms with Gasteiger partial charge in [-0.05, 0) is 31.0 Å². The molecule has 0 amide bonds. The lowest BCUT2D eigenvalue weighted by Crippen LogP contribution is -2.10. The highest BCUT2D eigenvalue weighted by molar-refractivity contribution is 7.80. The van der Waals surface area contributed by atoms with E-state index in [0.29, 0.717) is 29.2 Å². The molecular weight excluding hydrogens is 297 g/mol. The van der Waals surface area contributed by atoms with E-state index >= 15 is 0 Å². The SMILES string of the molecule is NC(=S)c1ccc(NCCCCC(F)(F)F)c(Cl)c1. The molecular formula is C12H14ClF3N2S. The van der Waals surface area contributed by atoms with Crippen molar-refractivity contribution in [2.45, 2.75) is 25.4 Å². The number of halogens is 4. The van der Waals surface area contributed by atoms with Crippen molar-refractivity contribution in [3.05, 3.63) is 28.8 Å². The van der Waals surface area contributed by atoms with Crippen molar-refractivity contribution in [3.63, 3.8) is 0 Å². The van der Waals surface area contributed by atoms with Gasteiger partial charge in [0.1, 0.15) is 4.99 Å². The van der Waals surface area contributed by atoms with Crippen LogP contribution in [-0.2, 0) is 0 Å². The average molecular weight is 311 g/mol. The summed E-state index contributed by atoms with van der Waals surface area (Å²) in [6.45, 7) is 0.433. The molecule has 0 saturated carbocycles. The minimum Gasteiger partial charge on any atom is -0.389 e. The molecule has 0 fully saturated rings. The Kier molecular flexibility index (Phi) is 5.87. The van der Waals surface area contributed by atoms with Crippen LogP contribution in [-0.4, -0.2) is 17.7 Å². The molecule has 0 aliphatic carbocycles. The molecule has 1 aromatic carbocycles. The molecule has 0 atom stereocenters. The number of rotatable bonds is 6. The maximum atomic E-state index is 11.9. The van der Waals surface area contributed by atoms with Gasteiger partial charge in [0, 0.05) is 18.5 Å². The maximum absolute atomic E-state index is 11.9. The normalized spacial score (nSPS) is 11.4. The van der Waals surface area contributed by atoms with Crippen LogP contribution in [0.4, 0.5) is 18.9 Å². The Balaban J connectivity index is 2.40. The zero-order valence-corrected chi connectivity index (χ0v) is 11.6. The van der Waals surface area contributed by atoms with Crippen LogP contribution < -0.4 is 11.1 Å². The lowest BCUT2D eigenvalue weighted by Gasteiger charge is -2.10. The van der Waals surface area contributed by atoms with Crippen molar-refractivity contribution in [1.29, 1.82) is 0 Å². The van der Waals surface area contributed by atoms with Crippen LogP contribution >= 0.6 is 23.8 Å². The van der Waals surface area contributed by atoms with Crippen molar-refractivity contribution in [1.82, 2.24) is 0 Å². The van der Waals surface area contributed by atoms with E-state index in [2.05, 4.69) is 5.32 Å². The smallest absolute Gasteiger partial charge is 0.389 e. The Morgan fingerprint density at radius 1 is 1.32 bits per heavy atom. The third-order valence-corrected chi connectivity index (χ3v) is 3.00. The van der Waals surface area contributed by atoms with Gasteiger partial charge in [-0.3, -0.25) is 0 Å². The fraction of sp³-hybridized carbons (Fsp3) is 0.417. The Bertz CT molecular complexity index is 449. The number of nitrogens with one attached hydrogen (secondary N) is 1. The number of nitrogens with two attached hydrogens (primary N) is 1. The van der Waals surface area contributed by atoms with Crippen LogP contribution in [0.5, 0.6) is 0 Å². The number of alkyl halides is 3. The highest BCUT2D eigenvalue weighted by Gasteiger charge is 2.25. The van der Waals surface area contributed by atoms with E-state index in [1.54, 1.807) is 18.2 Å². The maximum Gasteiger partial charge on any atom is 0.389 e. The van der Waals surface area contributed by atoms with E-state index in [-0.39, 0.29) is 11.4 Å². The third kappa shape index (κ3) is 6.11. The Morgan fingerprint density at radius 3 is 2.53 bits per heavy atom. The molecule has 106 valence electrons. The summed E-state index contributed by atoms with van der Waals surface area (Å²) in [6.07, 6.45) is -4.33. The molecule has 1 aromatic rings. The summed E-state index contributed by atoms with van der Waals surface area (Å²) < 4.78 is 35.8. The second-order valence-electron chi connectivity index (χ2n) is 4.06. The molecule has 0 heterocycles. The summed E-state index contributed by atoms with van der Waals surface area (Å²) in [5.74, 6) is 0. The molecule has 0 aromatic heterocycles. The van der Waals surface area contributed by atoms with Gasteiger partial charge in [-0.25, -0.2) is 0 Å². The molecule has 0 unspecified atom stereocenters. The first kappa shape index (κ1) is 16.0. The number of unbranched alkanes of at least 4 members (excludes halogenated alkanes) is 1. The topological polar surface area (TPSA) is 38.0 Å². The lowest BCUT2D eigenvalue weighted by atomic mass is 10.2. The van der Waals surface area contributed by atoms with Crippen molar-refractivity contribution >= 4 is 34.5 Å². The molecule has 0 radical (unpaired) electrons. The number of anilines is 1. The van der Waals surface area contributed by atoms with Crippen LogP contribution in [0.3, 0.4) is 0 Å². The van der Waals surface area contributed by atoms with Crippen molar-refractivity contribution in [2.24, 2.45) is 5.73 Å². The number of benzene rings is 1. The summed E-state index contributed by atoms with van der Waals surface area (Å²) in [6, 6.07) is 5.05. The molecule has 3 N–H and O–H groups in total. The number of thiocarbonyl (C=S) groups is 1. The quantitative estimate of drug-likeness (QED) is 0.613. The molecule has 19 heavy (non-hydrogen) atoms. The van der Waals surface area contributed by atoms with Crippen LogP contribution in [0.15, 0.2) is 18.2 Å². The third-order valence-electron chi connectivity index (χ3n) is 2.46. The van der Waals surface area contributed by atoms with E-state index in [1.807, 2.05) is 0 Å². The van der Waals surface area contributed by atoms with Crippen molar-refractivity contribution < 1.29 is 13.2 Å². The van der Waals surface area contributed by atoms with Crippen molar-refractivity contribution in [3.8, 4) is 0 Å². The number of hydrogen-bond acceptors (Lipinski definition) is 2. The summed E-state index contributed by atoms with van der Waals surface area (Å²) >= 11 is 10.8. The monoisotopic (exact) mass is 310 g/mol. The van der Waals surface area contributed by atoms with Gasteiger partial charge in [-0.1, -0.05) is 23.8 Å². The first-order valence-electron chi connectivity index (χ1n) is 5.69. The van der Waals surface area contributed by atoms with Gasteiger partial charge < -0.3 is 11.1 Å². The lowest BCUT2D eigenvalue weighted by molar-refractivity contribution is -0.135. The highest BCUT2D eigenvalue weighted by Crippen LogP contribution is 2.24. The standard InChI is InChI=1S/C12H14ClF3N2S/c13-9-7-8(11(17)19)3-4-10(9)18-6-2-1-5-12(14,15)16/h3-4,7,18H,1-2,5-6H2,(H2,17,19). The van der Waals surface area contributed by atoms with Crippen LogP contribution in [0.1, 0.15) is 24.8 Å². The molecule has 1 rings (SSSR count). The molecule has 2 nitrogen and oxygen atoms in total. The van der Waals surface area contributed by atoms with Gasteiger partial charge in [0.15, 0.2) is 0 Å². The molecule has 7 heteroatoms. The van der Waals surface area contributed by atoms with Gasteiger partial charge in [0.25, 0.3) is 0 Å². The largest absolute Gasteiger partial charge is 0.389 e. The predicted octanol–water partition coefficient (Wildman–Crippen LogP) is 4.12. The fourth-order valence-corrected chi connectivity index (χ4v) is 1.86. The Labute approximate surface area is 120 Å². The average Bonchev–Trinajstić information content (AvgIpc) is 2.28. The Morgan fingerprint density at radius 2 is 2.00 bits per heavy atom. The zero-order chi connectivity index (χ0) is 14.5. The van der Waals surface area contributed by atoms with Crippen LogP contribution in [0, 0.1) is 0 Å². The minimum absolute atomic E-state index is 0.0963. The fourth-order valence-electron chi connectivity index (χ4n) is 1.49. The van der Waals surface area contributed by atoms with E-state index in [1.165, 1.54) is 0 Å². The van der Waals surface area contributed by atoms with Crippen LogP contribution in [0.25, 0.3) is 0 Å². The highest BCUT2D eigenvalue weighted by atomic mass is 35.5. The first-order chi connectivity index (χ1) is 8.79. The van der Waals surface area contributed by atoms with Crippen LogP contribution in [0.2, 0.25) is 5.02 Å². The molecule has 0 aliphatic rings. The molecule has 0 spiro atoms. The van der Waals surface area contributed by atoms with Gasteiger partial charge in [0.2, 0.25) is 0 Å². The minimum atomic E-state index is -4.09. The van der Waals surface area contributed by atoms with E-state index in [0.717, 1.165) is 0 Å². The molecule has 0 saturated heterocycles. The van der Waals surface area contributed by atoms with E-state index in [9.17, 15) is 13.2 Å². The predicted molar refractivity (Wildman–Crippen MR) is 75.7 cm³/mol. The summed E-state index contributed by atoms with van der Waals surface area (Å²) in [7, 11) is 0. The molecule has 0 bridgehead atoms. The summed E-state index contributed by atoms with van der Waals surface area (Å²) in [5, 5.41) is 3.43. The second-order valence-corrected chi connectivity index (χ2v) is 4.90. The van der Waals surface area contributed by atoms with Crippen molar-refractivity contribution in [2.75, 3.05) is 11.9 Å².